The van der Waals surface area contributed by atoms with Crippen molar-refractivity contribution in [2.45, 2.75) is 13.0 Å². The summed E-state index contributed by atoms with van der Waals surface area (Å²) >= 11 is 0. The van der Waals surface area contributed by atoms with E-state index in [0.29, 0.717) is 26.1 Å². The van der Waals surface area contributed by atoms with Crippen LogP contribution in [0.5, 0.6) is 0 Å². The highest BCUT2D eigenvalue weighted by atomic mass is 32.2. The summed E-state index contributed by atoms with van der Waals surface area (Å²) < 4.78 is 23.1. The van der Waals surface area contributed by atoms with Gasteiger partial charge in [-0.05, 0) is 25.1 Å². The van der Waals surface area contributed by atoms with Crippen LogP contribution in [0.4, 0.5) is 0 Å². The van der Waals surface area contributed by atoms with Gasteiger partial charge in [-0.15, -0.1) is 0 Å². The standard InChI is InChI=1S/C12H18N4O3S/c13-15-12(17)11-4-1-3-10(14-11)9-16-5-2-7-20(18,19)8-6-16/h1,3-4H,2,5-9,13H2,(H,15,17). The van der Waals surface area contributed by atoms with Crippen molar-refractivity contribution in [2.75, 3.05) is 24.6 Å². The molecular weight excluding hydrogens is 280 g/mol. The van der Waals surface area contributed by atoms with E-state index in [1.54, 1.807) is 12.1 Å². The van der Waals surface area contributed by atoms with Crippen LogP contribution in [0, 0.1) is 0 Å². The highest BCUT2D eigenvalue weighted by Crippen LogP contribution is 2.09. The van der Waals surface area contributed by atoms with Crippen LogP contribution in [-0.2, 0) is 16.4 Å². The highest BCUT2D eigenvalue weighted by Gasteiger charge is 2.19. The van der Waals surface area contributed by atoms with Crippen LogP contribution < -0.4 is 11.3 Å². The van der Waals surface area contributed by atoms with E-state index in [4.69, 9.17) is 5.84 Å². The monoisotopic (exact) mass is 298 g/mol. The van der Waals surface area contributed by atoms with Crippen molar-refractivity contribution < 1.29 is 13.2 Å². The zero-order chi connectivity index (χ0) is 14.6. The van der Waals surface area contributed by atoms with Gasteiger partial charge in [-0.1, -0.05) is 6.07 Å². The summed E-state index contributed by atoms with van der Waals surface area (Å²) in [6.45, 7) is 1.74. The first-order valence-corrected chi connectivity index (χ1v) is 8.22. The summed E-state index contributed by atoms with van der Waals surface area (Å²) in [4.78, 5) is 17.7. The van der Waals surface area contributed by atoms with E-state index in [0.717, 1.165) is 5.69 Å². The van der Waals surface area contributed by atoms with Crippen molar-refractivity contribution in [1.82, 2.24) is 15.3 Å². The Morgan fingerprint density at radius 1 is 1.35 bits per heavy atom. The highest BCUT2D eigenvalue weighted by molar-refractivity contribution is 7.91. The Hall–Kier alpha value is -1.51. The van der Waals surface area contributed by atoms with Crippen molar-refractivity contribution in [3.63, 3.8) is 0 Å². The van der Waals surface area contributed by atoms with Gasteiger partial charge in [0.25, 0.3) is 5.91 Å². The second-order valence-corrected chi connectivity index (χ2v) is 7.07. The Labute approximate surface area is 118 Å². The fourth-order valence-corrected chi connectivity index (χ4v) is 3.45. The summed E-state index contributed by atoms with van der Waals surface area (Å²) in [5, 5.41) is 0. The number of aromatic nitrogens is 1. The summed E-state index contributed by atoms with van der Waals surface area (Å²) in [6, 6.07) is 5.13. The third-order valence-corrected chi connectivity index (χ3v) is 4.92. The Kier molecular flexibility index (Phi) is 4.69. The predicted octanol–water partition coefficient (Wildman–Crippen LogP) is -0.694. The van der Waals surface area contributed by atoms with Crippen LogP contribution in [0.3, 0.4) is 0 Å². The molecular formula is C12H18N4O3S. The van der Waals surface area contributed by atoms with Gasteiger partial charge in [-0.3, -0.25) is 15.1 Å². The molecule has 0 bridgehead atoms. The van der Waals surface area contributed by atoms with Gasteiger partial charge in [-0.2, -0.15) is 0 Å². The zero-order valence-electron chi connectivity index (χ0n) is 11.1. The van der Waals surface area contributed by atoms with Crippen LogP contribution in [0.2, 0.25) is 0 Å². The number of sulfone groups is 1. The number of hydrogen-bond acceptors (Lipinski definition) is 6. The minimum Gasteiger partial charge on any atom is -0.296 e. The van der Waals surface area contributed by atoms with Gasteiger partial charge < -0.3 is 0 Å². The number of nitrogen functional groups attached to an aromatic ring is 1. The van der Waals surface area contributed by atoms with E-state index >= 15 is 0 Å². The lowest BCUT2D eigenvalue weighted by atomic mass is 10.2. The molecule has 0 unspecified atom stereocenters. The molecule has 3 N–H and O–H groups in total. The molecule has 0 aromatic carbocycles. The molecule has 1 fully saturated rings. The third kappa shape index (κ3) is 3.99. The SMILES string of the molecule is NNC(=O)c1cccc(CN2CCCS(=O)(=O)CC2)n1. The second kappa shape index (κ2) is 6.29. The molecule has 1 aliphatic rings. The number of hydrogen-bond donors (Lipinski definition) is 2. The Bertz CT molecular complexity index is 588. The molecule has 1 aromatic heterocycles. The fraction of sp³-hybridized carbons (Fsp3) is 0.500. The number of hydrazine groups is 1. The molecule has 8 heteroatoms. The van der Waals surface area contributed by atoms with E-state index in [2.05, 4.69) is 4.98 Å². The predicted molar refractivity (Wildman–Crippen MR) is 74.4 cm³/mol. The lowest BCUT2D eigenvalue weighted by Crippen LogP contribution is -2.31. The van der Waals surface area contributed by atoms with Crippen molar-refractivity contribution in [2.24, 2.45) is 5.84 Å². The fourth-order valence-electron chi connectivity index (χ4n) is 2.15. The average molecular weight is 298 g/mol. The van der Waals surface area contributed by atoms with Crippen molar-refractivity contribution >= 4 is 15.7 Å². The van der Waals surface area contributed by atoms with E-state index in [9.17, 15) is 13.2 Å². The van der Waals surface area contributed by atoms with Crippen LogP contribution in [0.25, 0.3) is 0 Å². The van der Waals surface area contributed by atoms with Gasteiger partial charge >= 0.3 is 0 Å². The molecule has 1 amide bonds. The number of nitrogens with one attached hydrogen (secondary N) is 1. The molecule has 0 spiro atoms. The molecule has 2 rings (SSSR count). The molecule has 0 saturated carbocycles. The zero-order valence-corrected chi connectivity index (χ0v) is 11.9. The molecule has 110 valence electrons. The maximum absolute atomic E-state index is 11.5. The molecule has 1 saturated heterocycles. The number of rotatable bonds is 3. The molecule has 7 nitrogen and oxygen atoms in total. The summed E-state index contributed by atoms with van der Waals surface area (Å²) in [6.07, 6.45) is 0.630. The van der Waals surface area contributed by atoms with Crippen LogP contribution in [-0.4, -0.2) is 48.8 Å². The maximum Gasteiger partial charge on any atom is 0.283 e. The quantitative estimate of drug-likeness (QED) is 0.434. The van der Waals surface area contributed by atoms with E-state index in [-0.39, 0.29) is 17.2 Å². The van der Waals surface area contributed by atoms with Crippen LogP contribution in [0.15, 0.2) is 18.2 Å². The molecule has 0 aliphatic carbocycles. The van der Waals surface area contributed by atoms with Crippen LogP contribution in [0.1, 0.15) is 22.6 Å². The van der Waals surface area contributed by atoms with Crippen molar-refractivity contribution in [1.29, 1.82) is 0 Å². The minimum absolute atomic E-state index is 0.177. The van der Waals surface area contributed by atoms with Crippen molar-refractivity contribution in [3.8, 4) is 0 Å². The Morgan fingerprint density at radius 2 is 2.15 bits per heavy atom. The molecule has 1 aliphatic heterocycles. The topological polar surface area (TPSA) is 105 Å². The van der Waals surface area contributed by atoms with Gasteiger partial charge in [-0.25, -0.2) is 19.2 Å². The van der Waals surface area contributed by atoms with Crippen LogP contribution >= 0.6 is 0 Å². The number of amides is 1. The van der Waals surface area contributed by atoms with Gasteiger partial charge in [0.05, 0.1) is 17.2 Å². The summed E-state index contributed by atoms with van der Waals surface area (Å²) in [7, 11) is -2.91. The summed E-state index contributed by atoms with van der Waals surface area (Å²) in [5.74, 6) is 5.05. The minimum atomic E-state index is -2.91. The summed E-state index contributed by atoms with van der Waals surface area (Å²) in [5.41, 5.74) is 3.02. The van der Waals surface area contributed by atoms with Gasteiger partial charge in [0, 0.05) is 13.1 Å². The van der Waals surface area contributed by atoms with Gasteiger partial charge in [0.1, 0.15) is 5.69 Å². The second-order valence-electron chi connectivity index (χ2n) is 4.77. The Balaban J connectivity index is 2.04. The van der Waals surface area contributed by atoms with Gasteiger partial charge in [0.15, 0.2) is 9.84 Å². The lowest BCUT2D eigenvalue weighted by molar-refractivity contribution is 0.0948. The first-order chi connectivity index (χ1) is 9.50. The average Bonchev–Trinajstić information content (AvgIpc) is 2.60. The van der Waals surface area contributed by atoms with Crippen molar-refractivity contribution in [3.05, 3.63) is 29.6 Å². The molecule has 2 heterocycles. The number of carbonyl (C=O) groups is 1. The number of nitrogens with zero attached hydrogens (tertiary/aromatic N) is 2. The molecule has 20 heavy (non-hydrogen) atoms. The number of carbonyl (C=O) groups excluding carboxylic acids is 1. The third-order valence-electron chi connectivity index (χ3n) is 3.20. The largest absolute Gasteiger partial charge is 0.296 e. The maximum atomic E-state index is 11.5. The Morgan fingerprint density at radius 3 is 2.90 bits per heavy atom. The first-order valence-electron chi connectivity index (χ1n) is 6.40. The van der Waals surface area contributed by atoms with Gasteiger partial charge in [0.2, 0.25) is 0 Å². The smallest absolute Gasteiger partial charge is 0.283 e. The first kappa shape index (κ1) is 14.9. The number of nitrogens with two attached hydrogens (primary N) is 1. The molecule has 0 radical (unpaired) electrons. The number of pyridine rings is 1. The molecule has 0 atom stereocenters. The normalized spacial score (nSPS) is 19.2. The van der Waals surface area contributed by atoms with E-state index in [1.807, 2.05) is 16.4 Å². The molecule has 1 aromatic rings. The van der Waals surface area contributed by atoms with E-state index < -0.39 is 15.7 Å². The van der Waals surface area contributed by atoms with E-state index in [1.165, 1.54) is 0 Å². The lowest BCUT2D eigenvalue weighted by Gasteiger charge is -2.18.